The van der Waals surface area contributed by atoms with Gasteiger partial charge in [-0.15, -0.1) is 0 Å². The van der Waals surface area contributed by atoms with Gasteiger partial charge in [0.2, 0.25) is 5.78 Å². The largest absolute Gasteiger partial charge is 0.497 e. The molecule has 0 radical (unpaired) electrons. The summed E-state index contributed by atoms with van der Waals surface area (Å²) in [6.45, 7) is 0. The van der Waals surface area contributed by atoms with Crippen molar-refractivity contribution in [3.8, 4) is 11.5 Å². The molecule has 0 aliphatic heterocycles. The first kappa shape index (κ1) is 13.9. The van der Waals surface area contributed by atoms with Gasteiger partial charge in [-0.25, -0.2) is 0 Å². The van der Waals surface area contributed by atoms with E-state index in [1.165, 1.54) is 26.5 Å². The molecule has 0 saturated carbocycles. The minimum absolute atomic E-state index is 0.167. The third-order valence-corrected chi connectivity index (χ3v) is 2.82. The van der Waals surface area contributed by atoms with Crippen molar-refractivity contribution in [1.82, 2.24) is 0 Å². The van der Waals surface area contributed by atoms with Crippen molar-refractivity contribution in [2.45, 2.75) is 6.42 Å². The first-order chi connectivity index (χ1) is 9.65. The number of hydrogen-bond donors (Lipinski definition) is 0. The third kappa shape index (κ3) is 2.88. The molecule has 2 rings (SSSR count). The van der Waals surface area contributed by atoms with E-state index >= 15 is 0 Å². The van der Waals surface area contributed by atoms with Gasteiger partial charge in [0.15, 0.2) is 11.5 Å². The third-order valence-electron chi connectivity index (χ3n) is 2.82. The fraction of sp³-hybridized carbons (Fsp3) is 0.200. The number of ether oxygens (including phenoxy) is 2. The van der Waals surface area contributed by atoms with Crippen LogP contribution < -0.4 is 9.47 Å². The summed E-state index contributed by atoms with van der Waals surface area (Å²) >= 11 is 0. The van der Waals surface area contributed by atoms with Crippen molar-refractivity contribution in [3.05, 3.63) is 47.9 Å². The number of carbonyl (C=O) groups is 2. The average Bonchev–Trinajstić information content (AvgIpc) is 3.00. The van der Waals surface area contributed by atoms with Crippen molar-refractivity contribution in [3.63, 3.8) is 0 Å². The maximum Gasteiger partial charge on any atom is 0.205 e. The van der Waals surface area contributed by atoms with Gasteiger partial charge in [-0.3, -0.25) is 9.59 Å². The lowest BCUT2D eigenvalue weighted by molar-refractivity contribution is 0.0876. The molecule has 0 amide bonds. The summed E-state index contributed by atoms with van der Waals surface area (Å²) in [6.07, 6.45) is 1.11. The van der Waals surface area contributed by atoms with Gasteiger partial charge in [-0.05, 0) is 30.3 Å². The van der Waals surface area contributed by atoms with Gasteiger partial charge in [0.05, 0.1) is 32.5 Å². The maximum absolute atomic E-state index is 12.2. The van der Waals surface area contributed by atoms with Crippen LogP contribution >= 0.6 is 0 Å². The Bertz CT molecular complexity index is 613. The first-order valence-corrected chi connectivity index (χ1v) is 5.97. The molecule has 0 N–H and O–H groups in total. The summed E-state index contributed by atoms with van der Waals surface area (Å²) in [5.74, 6) is 0.384. The van der Waals surface area contributed by atoms with Gasteiger partial charge in [0.1, 0.15) is 11.5 Å². The molecule has 5 nitrogen and oxygen atoms in total. The second-order valence-electron chi connectivity index (χ2n) is 4.07. The lowest BCUT2D eigenvalue weighted by atomic mass is 10.0. The summed E-state index contributed by atoms with van der Waals surface area (Å²) in [5, 5.41) is 0. The minimum Gasteiger partial charge on any atom is -0.497 e. The zero-order valence-corrected chi connectivity index (χ0v) is 11.2. The Balaban J connectivity index is 2.22. The Morgan fingerprint density at radius 2 is 1.90 bits per heavy atom. The average molecular weight is 274 g/mol. The van der Waals surface area contributed by atoms with E-state index < -0.39 is 0 Å². The van der Waals surface area contributed by atoms with Gasteiger partial charge in [0, 0.05) is 0 Å². The summed E-state index contributed by atoms with van der Waals surface area (Å²) in [6, 6.07) is 7.99. The molecule has 1 heterocycles. The zero-order chi connectivity index (χ0) is 14.5. The molecule has 0 atom stereocenters. The van der Waals surface area contributed by atoms with Crippen molar-refractivity contribution in [1.29, 1.82) is 0 Å². The van der Waals surface area contributed by atoms with Crippen LogP contribution in [-0.2, 0) is 0 Å². The highest BCUT2D eigenvalue weighted by atomic mass is 16.5. The van der Waals surface area contributed by atoms with Gasteiger partial charge in [-0.2, -0.15) is 0 Å². The second-order valence-corrected chi connectivity index (χ2v) is 4.07. The molecule has 0 spiro atoms. The van der Waals surface area contributed by atoms with Crippen molar-refractivity contribution >= 4 is 11.6 Å². The van der Waals surface area contributed by atoms with E-state index in [-0.39, 0.29) is 23.7 Å². The number of ketones is 2. The first-order valence-electron chi connectivity index (χ1n) is 5.97. The number of methoxy groups -OCH3 is 2. The molecule has 0 fully saturated rings. The molecule has 1 aromatic carbocycles. The van der Waals surface area contributed by atoms with Crippen molar-refractivity contribution in [2.75, 3.05) is 14.2 Å². The maximum atomic E-state index is 12.2. The van der Waals surface area contributed by atoms with Crippen LogP contribution in [0, 0.1) is 0 Å². The van der Waals surface area contributed by atoms with E-state index in [0.29, 0.717) is 17.1 Å². The van der Waals surface area contributed by atoms with Crippen LogP contribution in [0.5, 0.6) is 11.5 Å². The molecule has 5 heteroatoms. The van der Waals surface area contributed by atoms with Crippen molar-refractivity contribution < 1.29 is 23.5 Å². The number of Topliss-reactive ketones (excluding diaryl/α,β-unsaturated/α-hetero) is 2. The summed E-state index contributed by atoms with van der Waals surface area (Å²) < 4.78 is 15.2. The molecule has 0 bridgehead atoms. The van der Waals surface area contributed by atoms with E-state index in [1.54, 1.807) is 24.3 Å². The van der Waals surface area contributed by atoms with E-state index in [0.717, 1.165) is 0 Å². The van der Waals surface area contributed by atoms with Crippen LogP contribution in [0.2, 0.25) is 0 Å². The predicted molar refractivity (Wildman–Crippen MR) is 71.5 cm³/mol. The normalized spacial score (nSPS) is 10.1. The Morgan fingerprint density at radius 1 is 1.10 bits per heavy atom. The van der Waals surface area contributed by atoms with Crippen LogP contribution in [0.15, 0.2) is 41.0 Å². The van der Waals surface area contributed by atoms with E-state index in [4.69, 9.17) is 13.9 Å². The quantitative estimate of drug-likeness (QED) is 0.598. The lowest BCUT2D eigenvalue weighted by Gasteiger charge is -2.09. The van der Waals surface area contributed by atoms with E-state index in [9.17, 15) is 9.59 Å². The Kier molecular flexibility index (Phi) is 4.20. The van der Waals surface area contributed by atoms with Crippen LogP contribution in [0.1, 0.15) is 27.3 Å². The highest BCUT2D eigenvalue weighted by Gasteiger charge is 2.19. The van der Waals surface area contributed by atoms with E-state index in [1.807, 2.05) is 0 Å². The van der Waals surface area contributed by atoms with Crippen LogP contribution in [0.4, 0.5) is 0 Å². The fourth-order valence-electron chi connectivity index (χ4n) is 1.80. The molecule has 2 aromatic rings. The standard InChI is InChI=1S/C15H14O5/c1-18-10-5-6-14(19-2)11(8-10)12(16)9-13(17)15-4-3-7-20-15/h3-8H,9H2,1-2H3. The van der Waals surface area contributed by atoms with Gasteiger partial charge in [-0.1, -0.05) is 0 Å². The summed E-state index contributed by atoms with van der Waals surface area (Å²) in [4.78, 5) is 24.1. The molecular weight excluding hydrogens is 260 g/mol. The van der Waals surface area contributed by atoms with E-state index in [2.05, 4.69) is 0 Å². The predicted octanol–water partition coefficient (Wildman–Crippen LogP) is 2.75. The topological polar surface area (TPSA) is 65.7 Å². The van der Waals surface area contributed by atoms with Crippen molar-refractivity contribution in [2.24, 2.45) is 0 Å². The lowest BCUT2D eigenvalue weighted by Crippen LogP contribution is -2.09. The Labute approximate surface area is 116 Å². The highest BCUT2D eigenvalue weighted by Crippen LogP contribution is 2.25. The van der Waals surface area contributed by atoms with Crippen LogP contribution in [-0.4, -0.2) is 25.8 Å². The summed E-state index contributed by atoms with van der Waals surface area (Å²) in [5.41, 5.74) is 0.312. The molecule has 1 aromatic heterocycles. The molecular formula is C15H14O5. The SMILES string of the molecule is COc1ccc(OC)c(C(=O)CC(=O)c2ccco2)c1. The molecule has 0 aliphatic carbocycles. The smallest absolute Gasteiger partial charge is 0.205 e. The number of rotatable bonds is 6. The Hall–Kier alpha value is -2.56. The molecule has 104 valence electrons. The number of carbonyl (C=O) groups excluding carboxylic acids is 2. The monoisotopic (exact) mass is 274 g/mol. The van der Waals surface area contributed by atoms with Crippen LogP contribution in [0.25, 0.3) is 0 Å². The molecule has 0 saturated heterocycles. The minimum atomic E-state index is -0.370. The second kappa shape index (κ2) is 6.06. The zero-order valence-electron chi connectivity index (χ0n) is 11.2. The number of furan rings is 1. The fourth-order valence-corrected chi connectivity index (χ4v) is 1.80. The molecule has 0 unspecified atom stereocenters. The highest BCUT2D eigenvalue weighted by molar-refractivity contribution is 6.13. The Morgan fingerprint density at radius 3 is 2.50 bits per heavy atom. The number of benzene rings is 1. The molecule has 0 aliphatic rings. The van der Waals surface area contributed by atoms with Gasteiger partial charge in [0.25, 0.3) is 0 Å². The van der Waals surface area contributed by atoms with Crippen LogP contribution in [0.3, 0.4) is 0 Å². The van der Waals surface area contributed by atoms with Gasteiger partial charge >= 0.3 is 0 Å². The number of hydrogen-bond acceptors (Lipinski definition) is 5. The van der Waals surface area contributed by atoms with Gasteiger partial charge < -0.3 is 13.9 Å². The molecule has 20 heavy (non-hydrogen) atoms. The summed E-state index contributed by atoms with van der Waals surface area (Å²) in [7, 11) is 2.97.